The van der Waals surface area contributed by atoms with Crippen LogP contribution in [0.5, 0.6) is 0 Å². The van der Waals surface area contributed by atoms with E-state index in [1.165, 1.54) is 11.0 Å². The second-order valence-electron chi connectivity index (χ2n) is 11.9. The fraction of sp³-hybridized carbons (Fsp3) is 0.531. The first-order valence-electron chi connectivity index (χ1n) is 15.2. The van der Waals surface area contributed by atoms with Gasteiger partial charge in [0.25, 0.3) is 5.91 Å². The maximum atomic E-state index is 13.7. The Labute approximate surface area is 257 Å². The molecule has 1 N–H and O–H groups in total. The number of benzene rings is 1. The third kappa shape index (κ3) is 8.61. The Hall–Kier alpha value is -4.35. The van der Waals surface area contributed by atoms with Gasteiger partial charge in [-0.15, -0.1) is 0 Å². The lowest BCUT2D eigenvalue weighted by Gasteiger charge is -2.36. The first kappa shape index (κ1) is 32.6. The van der Waals surface area contributed by atoms with Crippen LogP contribution >= 0.6 is 0 Å². The minimum absolute atomic E-state index is 0.00215. The number of ketones is 1. The van der Waals surface area contributed by atoms with Crippen LogP contribution in [0.1, 0.15) is 81.9 Å². The molecule has 1 aliphatic heterocycles. The molecule has 0 bridgehead atoms. The van der Waals surface area contributed by atoms with Crippen LogP contribution < -0.4 is 5.32 Å². The molecule has 2 atom stereocenters. The summed E-state index contributed by atoms with van der Waals surface area (Å²) in [5.41, 5.74) is 0.478. The molecule has 2 unspecified atom stereocenters. The number of carbonyl (C=O) groups excluding carboxylic acids is 5. The molecule has 1 saturated heterocycles. The number of amides is 3. The number of rotatable bonds is 9. The molecule has 12 nitrogen and oxygen atoms in total. The zero-order chi connectivity index (χ0) is 31.9. The van der Waals surface area contributed by atoms with E-state index in [2.05, 4.69) is 15.3 Å². The molecule has 4 rings (SSSR count). The summed E-state index contributed by atoms with van der Waals surface area (Å²) in [6, 6.07) is 9.62. The molecular formula is C32H41N5O7. The fourth-order valence-corrected chi connectivity index (χ4v) is 5.29. The summed E-state index contributed by atoms with van der Waals surface area (Å²) in [4.78, 5) is 77.0. The van der Waals surface area contributed by atoms with Crippen molar-refractivity contribution in [2.24, 2.45) is 0 Å². The van der Waals surface area contributed by atoms with Gasteiger partial charge in [-0.3, -0.25) is 19.2 Å². The van der Waals surface area contributed by atoms with Crippen molar-refractivity contribution in [3.05, 3.63) is 47.8 Å². The number of aromatic nitrogens is 2. The Morgan fingerprint density at radius 2 is 1.70 bits per heavy atom. The number of nitrogens with zero attached hydrogens (tertiary/aromatic N) is 4. The summed E-state index contributed by atoms with van der Waals surface area (Å²) in [5, 5.41) is 2.79. The minimum Gasteiger partial charge on any atom is -0.460 e. The second kappa shape index (κ2) is 14.4. The maximum absolute atomic E-state index is 13.7. The number of hydrogen-bond donors (Lipinski definition) is 1. The summed E-state index contributed by atoms with van der Waals surface area (Å²) in [6.07, 6.45) is 1.31. The van der Waals surface area contributed by atoms with Gasteiger partial charge in [0.15, 0.2) is 5.82 Å². The molecule has 2 aliphatic rings. The Balaban J connectivity index is 1.57. The van der Waals surface area contributed by atoms with Crippen LogP contribution in [-0.4, -0.2) is 93.9 Å². The molecule has 3 amide bonds. The summed E-state index contributed by atoms with van der Waals surface area (Å²) < 4.78 is 10.5. The number of piperazine rings is 1. The standard InChI is InChI=1S/C32H41N5O7/c1-5-43-31(42)37-18-16-36(17-19-37)30(41)23(14-15-27(39)44-32(2,3)4)35-29(40)25-20-24(22-12-9-13-26(22)38)33-28(34-25)21-10-7-6-8-11-21/h6-8,10-11,20,22-23H,5,9,12-19H2,1-4H3,(H,35,40). The smallest absolute Gasteiger partial charge is 0.409 e. The van der Waals surface area contributed by atoms with Crippen LogP contribution in [0.2, 0.25) is 0 Å². The van der Waals surface area contributed by atoms with Crippen LogP contribution in [0.15, 0.2) is 36.4 Å². The molecule has 236 valence electrons. The monoisotopic (exact) mass is 607 g/mol. The third-order valence-electron chi connectivity index (χ3n) is 7.45. The largest absolute Gasteiger partial charge is 0.460 e. The molecule has 1 saturated carbocycles. The van der Waals surface area contributed by atoms with E-state index in [9.17, 15) is 24.0 Å². The molecule has 2 fully saturated rings. The van der Waals surface area contributed by atoms with Crippen molar-refractivity contribution >= 4 is 29.7 Å². The van der Waals surface area contributed by atoms with Crippen LogP contribution in [0.3, 0.4) is 0 Å². The lowest BCUT2D eigenvalue weighted by molar-refractivity contribution is -0.155. The summed E-state index contributed by atoms with van der Waals surface area (Å²) in [5.74, 6) is -1.54. The highest BCUT2D eigenvalue weighted by Gasteiger charge is 2.33. The highest BCUT2D eigenvalue weighted by atomic mass is 16.6. The number of carbonyl (C=O) groups is 5. The van der Waals surface area contributed by atoms with E-state index in [0.717, 1.165) is 6.42 Å². The van der Waals surface area contributed by atoms with Gasteiger partial charge in [-0.1, -0.05) is 30.3 Å². The van der Waals surface area contributed by atoms with Crippen molar-refractivity contribution in [2.45, 2.75) is 77.4 Å². The van der Waals surface area contributed by atoms with Crippen molar-refractivity contribution in [3.8, 4) is 11.4 Å². The molecule has 1 aliphatic carbocycles. The Kier molecular flexibility index (Phi) is 10.7. The van der Waals surface area contributed by atoms with Gasteiger partial charge >= 0.3 is 12.1 Å². The van der Waals surface area contributed by atoms with Gasteiger partial charge in [-0.2, -0.15) is 0 Å². The first-order valence-corrected chi connectivity index (χ1v) is 15.2. The maximum Gasteiger partial charge on any atom is 0.409 e. The van der Waals surface area contributed by atoms with E-state index < -0.39 is 35.5 Å². The topological polar surface area (TPSA) is 148 Å². The molecule has 1 aromatic carbocycles. The lowest BCUT2D eigenvalue weighted by atomic mass is 10.0. The zero-order valence-electron chi connectivity index (χ0n) is 25.8. The Morgan fingerprint density at radius 3 is 2.32 bits per heavy atom. The van der Waals surface area contributed by atoms with Crippen molar-refractivity contribution in [1.82, 2.24) is 25.1 Å². The van der Waals surface area contributed by atoms with Gasteiger partial charge in [-0.05, 0) is 53.0 Å². The number of Topliss-reactive ketones (excluding diaryl/α,β-unsaturated/α-hetero) is 1. The average molecular weight is 608 g/mol. The lowest BCUT2D eigenvalue weighted by Crippen LogP contribution is -2.56. The van der Waals surface area contributed by atoms with Gasteiger partial charge in [0.2, 0.25) is 5.91 Å². The fourth-order valence-electron chi connectivity index (χ4n) is 5.29. The quantitative estimate of drug-likeness (QED) is 0.423. The van der Waals surface area contributed by atoms with Gasteiger partial charge in [0, 0.05) is 44.6 Å². The van der Waals surface area contributed by atoms with E-state index in [-0.39, 0.29) is 63.0 Å². The summed E-state index contributed by atoms with van der Waals surface area (Å²) in [6.45, 7) is 8.30. The normalized spacial score (nSPS) is 17.6. The predicted octanol–water partition coefficient (Wildman–Crippen LogP) is 3.50. The molecule has 0 spiro atoms. The number of nitrogens with one attached hydrogen (secondary N) is 1. The molecule has 2 heterocycles. The van der Waals surface area contributed by atoms with Crippen molar-refractivity contribution < 1.29 is 33.4 Å². The molecule has 12 heteroatoms. The van der Waals surface area contributed by atoms with Crippen LogP contribution in [0.4, 0.5) is 4.79 Å². The summed E-state index contributed by atoms with van der Waals surface area (Å²) in [7, 11) is 0. The van der Waals surface area contributed by atoms with Gasteiger partial charge in [0.1, 0.15) is 23.1 Å². The SMILES string of the molecule is CCOC(=O)N1CCN(C(=O)C(CCC(=O)OC(C)(C)C)NC(=O)c2cc(C3CCCC3=O)nc(-c3ccccc3)n2)CC1. The van der Waals surface area contributed by atoms with Crippen LogP contribution in [-0.2, 0) is 23.9 Å². The van der Waals surface area contributed by atoms with E-state index in [1.807, 2.05) is 30.3 Å². The van der Waals surface area contributed by atoms with Crippen molar-refractivity contribution in [1.29, 1.82) is 0 Å². The zero-order valence-corrected chi connectivity index (χ0v) is 25.8. The van der Waals surface area contributed by atoms with E-state index >= 15 is 0 Å². The molecular weight excluding hydrogens is 566 g/mol. The van der Waals surface area contributed by atoms with Crippen LogP contribution in [0, 0.1) is 0 Å². The van der Waals surface area contributed by atoms with Crippen molar-refractivity contribution in [2.75, 3.05) is 32.8 Å². The third-order valence-corrected chi connectivity index (χ3v) is 7.45. The number of ether oxygens (including phenoxy) is 2. The van der Waals surface area contributed by atoms with Gasteiger partial charge in [0.05, 0.1) is 18.2 Å². The molecule has 0 radical (unpaired) electrons. The van der Waals surface area contributed by atoms with E-state index in [0.29, 0.717) is 29.9 Å². The van der Waals surface area contributed by atoms with Crippen LogP contribution in [0.25, 0.3) is 11.4 Å². The second-order valence-corrected chi connectivity index (χ2v) is 11.9. The minimum atomic E-state index is -1.06. The summed E-state index contributed by atoms with van der Waals surface area (Å²) >= 11 is 0. The highest BCUT2D eigenvalue weighted by Crippen LogP contribution is 2.31. The number of esters is 1. The highest BCUT2D eigenvalue weighted by molar-refractivity contribution is 5.97. The van der Waals surface area contributed by atoms with Crippen molar-refractivity contribution in [3.63, 3.8) is 0 Å². The van der Waals surface area contributed by atoms with E-state index in [4.69, 9.17) is 9.47 Å². The van der Waals surface area contributed by atoms with Gasteiger partial charge < -0.3 is 24.6 Å². The molecule has 2 aromatic rings. The average Bonchev–Trinajstić information content (AvgIpc) is 3.44. The number of hydrogen-bond acceptors (Lipinski definition) is 9. The Morgan fingerprint density at radius 1 is 1.02 bits per heavy atom. The van der Waals surface area contributed by atoms with Gasteiger partial charge in [-0.25, -0.2) is 14.8 Å². The first-order chi connectivity index (χ1) is 20.9. The van der Waals surface area contributed by atoms with E-state index in [1.54, 1.807) is 32.6 Å². The molecule has 1 aromatic heterocycles. The predicted molar refractivity (Wildman–Crippen MR) is 161 cm³/mol. The molecule has 44 heavy (non-hydrogen) atoms. The Bertz CT molecular complexity index is 1370.